The van der Waals surface area contributed by atoms with Crippen LogP contribution in [0.5, 0.6) is 0 Å². The molecule has 0 bridgehead atoms. The van der Waals surface area contributed by atoms with E-state index in [0.29, 0.717) is 11.4 Å². The van der Waals surface area contributed by atoms with Crippen LogP contribution < -0.4 is 10.6 Å². The fraction of sp³-hybridized carbons (Fsp3) is 0.333. The van der Waals surface area contributed by atoms with Crippen LogP contribution in [0.4, 0.5) is 15.8 Å². The Bertz CT molecular complexity index is 563. The van der Waals surface area contributed by atoms with Crippen LogP contribution in [-0.2, 0) is 6.54 Å². The zero-order valence-corrected chi connectivity index (χ0v) is 12.1. The third-order valence-electron chi connectivity index (χ3n) is 3.64. The van der Waals surface area contributed by atoms with Gasteiger partial charge >= 0.3 is 0 Å². The Hall–Kier alpha value is -1.59. The Morgan fingerprint density at radius 1 is 1.15 bits per heavy atom. The molecule has 3 rings (SSSR count). The zero-order valence-electron chi connectivity index (χ0n) is 11.3. The molecule has 3 nitrogen and oxygen atoms in total. The van der Waals surface area contributed by atoms with E-state index in [-0.39, 0.29) is 5.82 Å². The van der Waals surface area contributed by atoms with Crippen LogP contribution in [0.3, 0.4) is 0 Å². The maximum absolute atomic E-state index is 13.9. The van der Waals surface area contributed by atoms with Crippen molar-refractivity contribution in [2.75, 3.05) is 36.8 Å². The van der Waals surface area contributed by atoms with Crippen molar-refractivity contribution in [2.45, 2.75) is 6.54 Å². The largest absolute Gasteiger partial charge is 0.399 e. The highest BCUT2D eigenvalue weighted by Gasteiger charge is 2.19. The second-order valence-electron chi connectivity index (χ2n) is 5.05. The summed E-state index contributed by atoms with van der Waals surface area (Å²) in [4.78, 5) is 5.90. The standard InChI is InChI=1S/C15H18FN3S/c16-14-10-12(17)3-4-15(14)19-7-5-18(6-8-19)11-13-2-1-9-20-13/h1-4,9-10H,5-8,11,17H2. The number of piperazine rings is 1. The number of nitrogens with zero attached hydrogens (tertiary/aromatic N) is 2. The van der Waals surface area contributed by atoms with Gasteiger partial charge in [-0.3, -0.25) is 4.90 Å². The summed E-state index contributed by atoms with van der Waals surface area (Å²) in [5.74, 6) is -0.225. The predicted octanol–water partition coefficient (Wildman–Crippen LogP) is 2.79. The van der Waals surface area contributed by atoms with Crippen molar-refractivity contribution < 1.29 is 4.39 Å². The maximum atomic E-state index is 13.9. The van der Waals surface area contributed by atoms with E-state index in [1.165, 1.54) is 10.9 Å². The lowest BCUT2D eigenvalue weighted by Crippen LogP contribution is -2.46. The number of benzene rings is 1. The lowest BCUT2D eigenvalue weighted by atomic mass is 10.2. The van der Waals surface area contributed by atoms with Gasteiger partial charge in [-0.15, -0.1) is 11.3 Å². The summed E-state index contributed by atoms with van der Waals surface area (Å²) in [5, 5.41) is 2.11. The van der Waals surface area contributed by atoms with E-state index in [4.69, 9.17) is 5.73 Å². The number of nitrogens with two attached hydrogens (primary N) is 1. The van der Waals surface area contributed by atoms with Crippen molar-refractivity contribution in [1.82, 2.24) is 4.90 Å². The molecule has 0 spiro atoms. The van der Waals surface area contributed by atoms with E-state index in [2.05, 4.69) is 27.3 Å². The van der Waals surface area contributed by atoms with Gasteiger partial charge in [-0.05, 0) is 29.6 Å². The monoisotopic (exact) mass is 291 g/mol. The Morgan fingerprint density at radius 3 is 2.60 bits per heavy atom. The highest BCUT2D eigenvalue weighted by Crippen LogP contribution is 2.23. The van der Waals surface area contributed by atoms with Crippen molar-refractivity contribution in [2.24, 2.45) is 0 Å². The number of hydrogen-bond donors (Lipinski definition) is 1. The number of rotatable bonds is 3. The fourth-order valence-corrected chi connectivity index (χ4v) is 3.30. The van der Waals surface area contributed by atoms with Crippen LogP contribution in [0.1, 0.15) is 4.88 Å². The van der Waals surface area contributed by atoms with Gasteiger partial charge in [0.25, 0.3) is 0 Å². The van der Waals surface area contributed by atoms with E-state index in [0.717, 1.165) is 32.7 Å². The smallest absolute Gasteiger partial charge is 0.148 e. The average molecular weight is 291 g/mol. The van der Waals surface area contributed by atoms with Gasteiger partial charge in [-0.2, -0.15) is 0 Å². The first-order valence-corrected chi connectivity index (χ1v) is 7.65. The number of thiophene rings is 1. The first-order valence-electron chi connectivity index (χ1n) is 6.77. The van der Waals surface area contributed by atoms with Gasteiger partial charge in [0.1, 0.15) is 5.82 Å². The Morgan fingerprint density at radius 2 is 1.95 bits per heavy atom. The second kappa shape index (κ2) is 5.81. The lowest BCUT2D eigenvalue weighted by molar-refractivity contribution is 0.251. The molecular formula is C15H18FN3S. The molecule has 1 aliphatic rings. The molecule has 5 heteroatoms. The molecule has 0 atom stereocenters. The predicted molar refractivity (Wildman–Crippen MR) is 82.6 cm³/mol. The number of halogens is 1. The molecule has 2 N–H and O–H groups in total. The van der Waals surface area contributed by atoms with Crippen molar-refractivity contribution >= 4 is 22.7 Å². The van der Waals surface area contributed by atoms with E-state index >= 15 is 0 Å². The first-order chi connectivity index (χ1) is 9.72. The second-order valence-corrected chi connectivity index (χ2v) is 6.09. The molecule has 0 aliphatic carbocycles. The molecule has 0 amide bonds. The van der Waals surface area contributed by atoms with Crippen LogP contribution in [0.25, 0.3) is 0 Å². The van der Waals surface area contributed by atoms with Crippen LogP contribution >= 0.6 is 11.3 Å². The minimum Gasteiger partial charge on any atom is -0.399 e. The summed E-state index contributed by atoms with van der Waals surface area (Å²) in [6.45, 7) is 4.62. The summed E-state index contributed by atoms with van der Waals surface area (Å²) in [6, 6.07) is 9.18. The molecule has 1 aromatic heterocycles. The van der Waals surface area contributed by atoms with E-state index in [1.54, 1.807) is 23.5 Å². The first kappa shape index (κ1) is 13.4. The Labute approximate surface area is 122 Å². The van der Waals surface area contributed by atoms with E-state index in [1.807, 2.05) is 0 Å². The molecule has 1 fully saturated rings. The number of hydrogen-bond acceptors (Lipinski definition) is 4. The third-order valence-corrected chi connectivity index (χ3v) is 4.51. The van der Waals surface area contributed by atoms with E-state index < -0.39 is 0 Å². The summed E-state index contributed by atoms with van der Waals surface area (Å²) in [7, 11) is 0. The van der Waals surface area contributed by atoms with Gasteiger partial charge < -0.3 is 10.6 Å². The van der Waals surface area contributed by atoms with Crippen molar-refractivity contribution in [3.8, 4) is 0 Å². The van der Waals surface area contributed by atoms with Crippen LogP contribution in [-0.4, -0.2) is 31.1 Å². The van der Waals surface area contributed by atoms with Crippen molar-refractivity contribution in [3.05, 3.63) is 46.4 Å². The molecule has 1 aromatic carbocycles. The van der Waals surface area contributed by atoms with Gasteiger partial charge in [0.05, 0.1) is 5.69 Å². The summed E-state index contributed by atoms with van der Waals surface area (Å²) >= 11 is 1.79. The Balaban J connectivity index is 1.60. The van der Waals surface area contributed by atoms with Gasteiger partial charge in [-0.1, -0.05) is 6.07 Å². The normalized spacial score (nSPS) is 16.6. The van der Waals surface area contributed by atoms with Gasteiger partial charge in [0.15, 0.2) is 0 Å². The van der Waals surface area contributed by atoms with Gasteiger partial charge in [0.2, 0.25) is 0 Å². The van der Waals surface area contributed by atoms with Crippen molar-refractivity contribution in [1.29, 1.82) is 0 Å². The molecule has 1 saturated heterocycles. The minimum absolute atomic E-state index is 0.225. The number of nitrogen functional groups attached to an aromatic ring is 1. The Kier molecular flexibility index (Phi) is 3.89. The molecule has 0 radical (unpaired) electrons. The van der Waals surface area contributed by atoms with Gasteiger partial charge in [0, 0.05) is 43.3 Å². The minimum atomic E-state index is -0.225. The summed E-state index contributed by atoms with van der Waals surface area (Å²) < 4.78 is 13.9. The molecule has 2 heterocycles. The number of anilines is 2. The van der Waals surface area contributed by atoms with Crippen molar-refractivity contribution in [3.63, 3.8) is 0 Å². The lowest BCUT2D eigenvalue weighted by Gasteiger charge is -2.36. The molecule has 20 heavy (non-hydrogen) atoms. The molecule has 106 valence electrons. The molecule has 1 aliphatic heterocycles. The molecule has 0 saturated carbocycles. The molecule has 2 aromatic rings. The quantitative estimate of drug-likeness (QED) is 0.883. The average Bonchev–Trinajstić information content (AvgIpc) is 2.93. The van der Waals surface area contributed by atoms with Crippen LogP contribution in [0.15, 0.2) is 35.7 Å². The topological polar surface area (TPSA) is 32.5 Å². The molecule has 0 unspecified atom stereocenters. The van der Waals surface area contributed by atoms with Crippen LogP contribution in [0.2, 0.25) is 0 Å². The maximum Gasteiger partial charge on any atom is 0.148 e. The zero-order chi connectivity index (χ0) is 13.9. The highest BCUT2D eigenvalue weighted by atomic mass is 32.1. The third kappa shape index (κ3) is 2.94. The van der Waals surface area contributed by atoms with E-state index in [9.17, 15) is 4.39 Å². The SMILES string of the molecule is Nc1ccc(N2CCN(Cc3cccs3)CC2)c(F)c1. The highest BCUT2D eigenvalue weighted by molar-refractivity contribution is 7.09. The molecular weight excluding hydrogens is 273 g/mol. The summed E-state index contributed by atoms with van der Waals surface area (Å²) in [5.41, 5.74) is 6.73. The van der Waals surface area contributed by atoms with Gasteiger partial charge in [-0.25, -0.2) is 4.39 Å². The summed E-state index contributed by atoms with van der Waals surface area (Å²) in [6.07, 6.45) is 0. The van der Waals surface area contributed by atoms with Crippen LogP contribution in [0, 0.1) is 5.82 Å². The fourth-order valence-electron chi connectivity index (χ4n) is 2.55.